The number of allylic oxidation sites excluding steroid dienone is 1. The number of hydrogen-bond donors (Lipinski definition) is 2. The van der Waals surface area contributed by atoms with Crippen molar-refractivity contribution in [1.29, 1.82) is 0 Å². The van der Waals surface area contributed by atoms with Crippen LogP contribution in [0, 0.1) is 52.3 Å². The van der Waals surface area contributed by atoms with E-state index in [4.69, 9.17) is 4.74 Å². The molecule has 4 saturated carbocycles. The Morgan fingerprint density at radius 1 is 1.05 bits per heavy atom. The van der Waals surface area contributed by atoms with E-state index >= 15 is 0 Å². The summed E-state index contributed by atoms with van der Waals surface area (Å²) < 4.78 is 4.97. The Kier molecular flexibility index (Phi) is 7.88. The first kappa shape index (κ1) is 27.9. The van der Waals surface area contributed by atoms with Crippen molar-refractivity contribution >= 4 is 12.0 Å². The lowest BCUT2D eigenvalue weighted by molar-refractivity contribution is -0.203. The topological polar surface area (TPSA) is 66.8 Å². The standard InChI is InChI=1S/C34H50O4/c1-6-24-29-20-23(35)16-18-34(29,4)28-17-19-33(3)26(14-15-27(33)30(28)31(24)36)21(2)10-9-12-22-11-7-8-13-25(22)32(37)38-5/h7-9,11-13,21,23-24,26-31,35-36H,6,10,14-20H2,1-5H3/b12-9+/t21-,23-,24-,26?,27?,28?,29+,30?,31-,33-,34-/m1/s1. The van der Waals surface area contributed by atoms with Gasteiger partial charge < -0.3 is 14.9 Å². The molecule has 4 unspecified atom stereocenters. The summed E-state index contributed by atoms with van der Waals surface area (Å²) in [5, 5.41) is 22.5. The molecule has 4 aliphatic rings. The average molecular weight is 523 g/mol. The third-order valence-corrected chi connectivity index (χ3v) is 12.3. The van der Waals surface area contributed by atoms with Crippen molar-refractivity contribution in [3.63, 3.8) is 0 Å². The van der Waals surface area contributed by atoms with Crippen LogP contribution in [0.25, 0.3) is 6.08 Å². The molecule has 1 aromatic rings. The van der Waals surface area contributed by atoms with E-state index < -0.39 is 0 Å². The first-order valence-electron chi connectivity index (χ1n) is 15.4. The molecule has 4 fully saturated rings. The summed E-state index contributed by atoms with van der Waals surface area (Å²) in [6.07, 6.45) is 13.8. The highest BCUT2D eigenvalue weighted by molar-refractivity contribution is 5.93. The van der Waals surface area contributed by atoms with Crippen LogP contribution in [-0.4, -0.2) is 35.5 Å². The van der Waals surface area contributed by atoms with Crippen molar-refractivity contribution in [2.45, 2.75) is 97.7 Å². The molecule has 4 heteroatoms. The highest BCUT2D eigenvalue weighted by Crippen LogP contribution is 2.69. The van der Waals surface area contributed by atoms with Crippen molar-refractivity contribution in [1.82, 2.24) is 0 Å². The van der Waals surface area contributed by atoms with Gasteiger partial charge in [0.05, 0.1) is 24.9 Å². The number of carbonyl (C=O) groups is 1. The zero-order valence-electron chi connectivity index (χ0n) is 24.2. The SMILES string of the molecule is CC[C@H]1[C@@H](O)C2C3CCC([C@H](C)C/C=C/c4ccccc4C(=O)OC)[C@@]3(C)CCC2[C@@]2(C)CC[C@@H](O)C[C@@H]12. The van der Waals surface area contributed by atoms with Crippen LogP contribution in [0.3, 0.4) is 0 Å². The highest BCUT2D eigenvalue weighted by Gasteiger charge is 2.64. The van der Waals surface area contributed by atoms with Gasteiger partial charge in [0.25, 0.3) is 0 Å². The van der Waals surface area contributed by atoms with Crippen LogP contribution in [0.4, 0.5) is 0 Å². The van der Waals surface area contributed by atoms with E-state index in [-0.39, 0.29) is 29.0 Å². The summed E-state index contributed by atoms with van der Waals surface area (Å²) in [6.45, 7) is 9.73. The van der Waals surface area contributed by atoms with Crippen LogP contribution in [0.1, 0.15) is 101 Å². The second-order valence-electron chi connectivity index (χ2n) is 13.8. The van der Waals surface area contributed by atoms with E-state index in [0.29, 0.717) is 47.0 Å². The highest BCUT2D eigenvalue weighted by atomic mass is 16.5. The van der Waals surface area contributed by atoms with Gasteiger partial charge in [-0.15, -0.1) is 0 Å². The van der Waals surface area contributed by atoms with Crippen molar-refractivity contribution in [3.05, 3.63) is 41.5 Å². The molecule has 0 bridgehead atoms. The zero-order valence-corrected chi connectivity index (χ0v) is 24.2. The maximum absolute atomic E-state index is 12.2. The minimum atomic E-state index is -0.291. The molecule has 0 heterocycles. The summed E-state index contributed by atoms with van der Waals surface area (Å²) in [6, 6.07) is 7.65. The van der Waals surface area contributed by atoms with E-state index in [1.165, 1.54) is 32.8 Å². The Balaban J connectivity index is 1.33. The quantitative estimate of drug-likeness (QED) is 0.390. The first-order valence-corrected chi connectivity index (χ1v) is 15.4. The van der Waals surface area contributed by atoms with Crippen LogP contribution < -0.4 is 0 Å². The maximum Gasteiger partial charge on any atom is 0.338 e. The molecule has 4 nitrogen and oxygen atoms in total. The van der Waals surface area contributed by atoms with E-state index in [1.807, 2.05) is 24.3 Å². The first-order chi connectivity index (χ1) is 18.2. The smallest absolute Gasteiger partial charge is 0.338 e. The molecule has 0 aliphatic heterocycles. The number of aliphatic hydroxyl groups is 2. The van der Waals surface area contributed by atoms with Gasteiger partial charge in [0.1, 0.15) is 0 Å². The second kappa shape index (κ2) is 10.7. The molecular formula is C34H50O4. The fraction of sp³-hybridized carbons (Fsp3) is 0.735. The van der Waals surface area contributed by atoms with Crippen molar-refractivity contribution in [3.8, 4) is 0 Å². The Labute approximate surface area is 230 Å². The molecule has 210 valence electrons. The van der Waals surface area contributed by atoms with Crippen molar-refractivity contribution in [2.24, 2.45) is 52.3 Å². The van der Waals surface area contributed by atoms with Gasteiger partial charge in [0.2, 0.25) is 0 Å². The van der Waals surface area contributed by atoms with Crippen LogP contribution >= 0.6 is 0 Å². The summed E-state index contributed by atoms with van der Waals surface area (Å²) in [7, 11) is 1.43. The van der Waals surface area contributed by atoms with E-state index in [0.717, 1.165) is 37.7 Å². The number of carbonyl (C=O) groups excluding carboxylic acids is 1. The van der Waals surface area contributed by atoms with Crippen molar-refractivity contribution in [2.75, 3.05) is 7.11 Å². The van der Waals surface area contributed by atoms with E-state index in [2.05, 4.69) is 39.8 Å². The molecule has 2 N–H and O–H groups in total. The van der Waals surface area contributed by atoms with Gasteiger partial charge in [-0.05, 0) is 115 Å². The average Bonchev–Trinajstić information content (AvgIpc) is 3.27. The molecule has 0 saturated heterocycles. The number of rotatable bonds is 6. The maximum atomic E-state index is 12.2. The lowest BCUT2D eigenvalue weighted by atomic mass is 9.41. The predicted octanol–water partition coefficient (Wildman–Crippen LogP) is 7.14. The zero-order chi connectivity index (χ0) is 27.2. The third-order valence-electron chi connectivity index (χ3n) is 12.3. The lowest BCUT2D eigenvalue weighted by Gasteiger charge is -2.64. The minimum Gasteiger partial charge on any atom is -0.465 e. The van der Waals surface area contributed by atoms with E-state index in [9.17, 15) is 15.0 Å². The van der Waals surface area contributed by atoms with Gasteiger partial charge in [-0.25, -0.2) is 4.79 Å². The molecule has 0 amide bonds. The summed E-state index contributed by atoms with van der Waals surface area (Å²) in [4.78, 5) is 12.2. The third kappa shape index (κ3) is 4.48. The number of ether oxygens (including phenoxy) is 1. The second-order valence-corrected chi connectivity index (χ2v) is 13.8. The lowest BCUT2D eigenvalue weighted by Crippen LogP contribution is -2.62. The number of esters is 1. The number of fused-ring (bicyclic) bond motifs is 5. The normalized spacial score (nSPS) is 43.2. The Hall–Kier alpha value is -1.65. The molecule has 38 heavy (non-hydrogen) atoms. The summed E-state index contributed by atoms with van der Waals surface area (Å²) >= 11 is 0. The van der Waals surface area contributed by atoms with Crippen LogP contribution in [-0.2, 0) is 4.74 Å². The Morgan fingerprint density at radius 2 is 1.76 bits per heavy atom. The molecular weight excluding hydrogens is 472 g/mol. The van der Waals surface area contributed by atoms with Gasteiger partial charge in [-0.2, -0.15) is 0 Å². The van der Waals surface area contributed by atoms with Crippen LogP contribution in [0.5, 0.6) is 0 Å². The molecule has 0 spiro atoms. The number of methoxy groups -OCH3 is 1. The summed E-state index contributed by atoms with van der Waals surface area (Å²) in [5.41, 5.74) is 2.06. The number of hydrogen-bond acceptors (Lipinski definition) is 4. The van der Waals surface area contributed by atoms with Crippen molar-refractivity contribution < 1.29 is 19.7 Å². The van der Waals surface area contributed by atoms with Gasteiger partial charge in [-0.3, -0.25) is 0 Å². The van der Waals surface area contributed by atoms with Gasteiger partial charge in [0.15, 0.2) is 0 Å². The molecule has 1 aromatic carbocycles. The largest absolute Gasteiger partial charge is 0.465 e. The Bertz CT molecular complexity index is 1030. The van der Waals surface area contributed by atoms with Gasteiger partial charge in [0, 0.05) is 0 Å². The fourth-order valence-corrected chi connectivity index (χ4v) is 10.4. The fourth-order valence-electron chi connectivity index (χ4n) is 10.4. The molecule has 0 aromatic heterocycles. The van der Waals surface area contributed by atoms with E-state index in [1.54, 1.807) is 0 Å². The monoisotopic (exact) mass is 522 g/mol. The van der Waals surface area contributed by atoms with Crippen LogP contribution in [0.15, 0.2) is 30.3 Å². The molecule has 0 radical (unpaired) electrons. The predicted molar refractivity (Wildman–Crippen MR) is 152 cm³/mol. The molecule has 5 rings (SSSR count). The minimum absolute atomic E-state index is 0.191. The number of benzene rings is 1. The van der Waals surface area contributed by atoms with Gasteiger partial charge >= 0.3 is 5.97 Å². The number of aliphatic hydroxyl groups excluding tert-OH is 2. The van der Waals surface area contributed by atoms with Crippen LogP contribution in [0.2, 0.25) is 0 Å². The summed E-state index contributed by atoms with van der Waals surface area (Å²) in [5.74, 6) is 3.25. The molecule has 11 atom stereocenters. The molecule has 4 aliphatic carbocycles. The van der Waals surface area contributed by atoms with Gasteiger partial charge in [-0.1, -0.05) is 64.5 Å². The Morgan fingerprint density at radius 3 is 2.50 bits per heavy atom.